The summed E-state index contributed by atoms with van der Waals surface area (Å²) in [5.74, 6) is 0. The summed E-state index contributed by atoms with van der Waals surface area (Å²) in [5, 5.41) is 1.19. The number of aromatic nitrogens is 1. The van der Waals surface area contributed by atoms with Crippen LogP contribution in [0, 0.1) is 6.92 Å². The number of benzene rings is 1. The molecule has 0 spiro atoms. The van der Waals surface area contributed by atoms with Crippen molar-refractivity contribution in [1.29, 1.82) is 0 Å². The van der Waals surface area contributed by atoms with Gasteiger partial charge in [-0.15, -0.1) is 11.3 Å². The number of rotatable bonds is 2. The van der Waals surface area contributed by atoms with Crippen LogP contribution < -0.4 is 4.90 Å². The minimum absolute atomic E-state index is 1.11. The van der Waals surface area contributed by atoms with Gasteiger partial charge < -0.3 is 4.90 Å². The fraction of sp³-hybridized carbons (Fsp3) is 0.400. The Hall–Kier alpha value is -0.870. The molecule has 2 heterocycles. The Labute approximate surface area is 126 Å². The molecule has 0 radical (unpaired) electrons. The van der Waals surface area contributed by atoms with E-state index >= 15 is 0 Å². The van der Waals surface area contributed by atoms with Crippen LogP contribution in [0.1, 0.15) is 24.1 Å². The van der Waals surface area contributed by atoms with Gasteiger partial charge in [-0.05, 0) is 38.3 Å². The first-order chi connectivity index (χ1) is 9.24. The minimum Gasteiger partial charge on any atom is -0.348 e. The molecule has 19 heavy (non-hydrogen) atoms. The number of anilines is 1. The Kier molecular flexibility index (Phi) is 3.89. The molecule has 3 rings (SSSR count). The molecule has 0 aliphatic carbocycles. The molecular formula is C15H17BrN2S. The van der Waals surface area contributed by atoms with Crippen molar-refractivity contribution in [1.82, 2.24) is 4.98 Å². The molecule has 0 unspecified atom stereocenters. The third-order valence-corrected chi connectivity index (χ3v) is 5.09. The Bertz CT molecular complexity index is 556. The van der Waals surface area contributed by atoms with Gasteiger partial charge in [0.2, 0.25) is 0 Å². The number of thiazole rings is 1. The molecule has 0 amide bonds. The first-order valence-electron chi connectivity index (χ1n) is 6.72. The van der Waals surface area contributed by atoms with E-state index in [9.17, 15) is 0 Å². The van der Waals surface area contributed by atoms with Gasteiger partial charge in [0.15, 0.2) is 5.13 Å². The van der Waals surface area contributed by atoms with E-state index in [1.165, 1.54) is 34.8 Å². The van der Waals surface area contributed by atoms with Gasteiger partial charge in [0, 0.05) is 28.0 Å². The fourth-order valence-corrected chi connectivity index (χ4v) is 3.73. The highest BCUT2D eigenvalue weighted by Gasteiger charge is 2.17. The molecule has 0 bridgehead atoms. The van der Waals surface area contributed by atoms with Gasteiger partial charge in [0.1, 0.15) is 0 Å². The average Bonchev–Trinajstić information content (AvgIpc) is 2.83. The second-order valence-electron chi connectivity index (χ2n) is 4.96. The average molecular weight is 337 g/mol. The quantitative estimate of drug-likeness (QED) is 0.777. The summed E-state index contributed by atoms with van der Waals surface area (Å²) in [5.41, 5.74) is 2.35. The van der Waals surface area contributed by atoms with E-state index in [2.05, 4.69) is 52.0 Å². The van der Waals surface area contributed by atoms with Crippen LogP contribution in [0.4, 0.5) is 5.13 Å². The van der Waals surface area contributed by atoms with Gasteiger partial charge in [0.05, 0.1) is 5.69 Å². The predicted octanol–water partition coefficient (Wildman–Crippen LogP) is 4.87. The molecule has 0 N–H and O–H groups in total. The maximum atomic E-state index is 4.86. The van der Waals surface area contributed by atoms with Crippen molar-refractivity contribution in [2.24, 2.45) is 0 Å². The van der Waals surface area contributed by atoms with E-state index in [1.807, 2.05) is 11.3 Å². The van der Waals surface area contributed by atoms with Crippen molar-refractivity contribution in [3.8, 4) is 11.3 Å². The molecule has 2 aromatic rings. The SMILES string of the molecule is Cc1sc(N2CCCCC2)nc1-c1ccc(Br)cc1. The van der Waals surface area contributed by atoms with Crippen molar-refractivity contribution in [2.75, 3.05) is 18.0 Å². The van der Waals surface area contributed by atoms with E-state index in [0.29, 0.717) is 0 Å². The molecule has 0 atom stereocenters. The zero-order chi connectivity index (χ0) is 13.2. The van der Waals surface area contributed by atoms with Crippen LogP contribution in [0.2, 0.25) is 0 Å². The van der Waals surface area contributed by atoms with Crippen LogP contribution in [0.15, 0.2) is 28.7 Å². The lowest BCUT2D eigenvalue weighted by Gasteiger charge is -2.25. The fourth-order valence-electron chi connectivity index (χ4n) is 2.48. The molecule has 2 nitrogen and oxygen atoms in total. The van der Waals surface area contributed by atoms with Crippen LogP contribution in [-0.4, -0.2) is 18.1 Å². The smallest absolute Gasteiger partial charge is 0.186 e. The molecule has 4 heteroatoms. The summed E-state index contributed by atoms with van der Waals surface area (Å²) < 4.78 is 1.11. The largest absolute Gasteiger partial charge is 0.348 e. The lowest BCUT2D eigenvalue weighted by molar-refractivity contribution is 0.577. The van der Waals surface area contributed by atoms with Crippen molar-refractivity contribution >= 4 is 32.4 Å². The Morgan fingerprint density at radius 2 is 1.79 bits per heavy atom. The molecule has 1 saturated heterocycles. The monoisotopic (exact) mass is 336 g/mol. The molecule has 1 aliphatic rings. The molecular weight excluding hydrogens is 320 g/mol. The highest BCUT2D eigenvalue weighted by molar-refractivity contribution is 9.10. The predicted molar refractivity (Wildman–Crippen MR) is 86.1 cm³/mol. The highest BCUT2D eigenvalue weighted by atomic mass is 79.9. The number of hydrogen-bond acceptors (Lipinski definition) is 3. The second kappa shape index (κ2) is 5.63. The number of piperidine rings is 1. The maximum Gasteiger partial charge on any atom is 0.186 e. The molecule has 1 aromatic heterocycles. The van der Waals surface area contributed by atoms with Crippen LogP contribution in [-0.2, 0) is 0 Å². The van der Waals surface area contributed by atoms with Gasteiger partial charge in [-0.25, -0.2) is 4.98 Å². The zero-order valence-corrected chi connectivity index (χ0v) is 13.4. The summed E-state index contributed by atoms with van der Waals surface area (Å²) in [6.07, 6.45) is 3.96. The second-order valence-corrected chi connectivity index (χ2v) is 7.05. The summed E-state index contributed by atoms with van der Waals surface area (Å²) in [6.45, 7) is 4.49. The van der Waals surface area contributed by atoms with Crippen LogP contribution in [0.5, 0.6) is 0 Å². The van der Waals surface area contributed by atoms with Gasteiger partial charge in [-0.1, -0.05) is 28.1 Å². The van der Waals surface area contributed by atoms with Crippen LogP contribution >= 0.6 is 27.3 Å². The van der Waals surface area contributed by atoms with Crippen molar-refractivity contribution < 1.29 is 0 Å². The van der Waals surface area contributed by atoms with Crippen molar-refractivity contribution in [3.63, 3.8) is 0 Å². The van der Waals surface area contributed by atoms with Crippen LogP contribution in [0.25, 0.3) is 11.3 Å². The Morgan fingerprint density at radius 1 is 1.11 bits per heavy atom. The molecule has 0 saturated carbocycles. The molecule has 100 valence electrons. The Morgan fingerprint density at radius 3 is 2.47 bits per heavy atom. The Balaban J connectivity index is 1.90. The number of hydrogen-bond donors (Lipinski definition) is 0. The minimum atomic E-state index is 1.11. The number of aryl methyl sites for hydroxylation is 1. The van der Waals surface area contributed by atoms with Gasteiger partial charge in [-0.2, -0.15) is 0 Å². The standard InChI is InChI=1S/C15H17BrN2S/c1-11-14(12-5-7-13(16)8-6-12)17-15(19-11)18-9-3-2-4-10-18/h5-8H,2-4,9-10H2,1H3. The maximum absolute atomic E-state index is 4.86. The highest BCUT2D eigenvalue weighted by Crippen LogP contribution is 2.33. The number of halogens is 1. The third kappa shape index (κ3) is 2.84. The van der Waals surface area contributed by atoms with Gasteiger partial charge in [0.25, 0.3) is 0 Å². The van der Waals surface area contributed by atoms with Gasteiger partial charge in [-0.3, -0.25) is 0 Å². The van der Waals surface area contributed by atoms with Crippen molar-refractivity contribution in [3.05, 3.63) is 33.6 Å². The first-order valence-corrected chi connectivity index (χ1v) is 8.33. The summed E-state index contributed by atoms with van der Waals surface area (Å²) >= 11 is 5.30. The summed E-state index contributed by atoms with van der Waals surface area (Å²) in [6, 6.07) is 8.42. The van der Waals surface area contributed by atoms with Gasteiger partial charge >= 0.3 is 0 Å². The van der Waals surface area contributed by atoms with E-state index < -0.39 is 0 Å². The van der Waals surface area contributed by atoms with E-state index in [0.717, 1.165) is 23.3 Å². The van der Waals surface area contributed by atoms with E-state index in [1.54, 1.807) is 0 Å². The van der Waals surface area contributed by atoms with Crippen LogP contribution in [0.3, 0.4) is 0 Å². The summed E-state index contributed by atoms with van der Waals surface area (Å²) in [4.78, 5) is 8.60. The van der Waals surface area contributed by atoms with Crippen molar-refractivity contribution in [2.45, 2.75) is 26.2 Å². The van der Waals surface area contributed by atoms with E-state index in [4.69, 9.17) is 4.98 Å². The topological polar surface area (TPSA) is 16.1 Å². The van der Waals surface area contributed by atoms with E-state index in [-0.39, 0.29) is 0 Å². The molecule has 1 aromatic carbocycles. The lowest BCUT2D eigenvalue weighted by atomic mass is 10.1. The molecule has 1 fully saturated rings. The zero-order valence-electron chi connectivity index (χ0n) is 11.0. The number of nitrogens with zero attached hydrogens (tertiary/aromatic N) is 2. The molecule has 1 aliphatic heterocycles. The normalized spacial score (nSPS) is 15.8. The lowest BCUT2D eigenvalue weighted by Crippen LogP contribution is -2.29. The first kappa shape index (κ1) is 13.1. The summed E-state index contributed by atoms with van der Waals surface area (Å²) in [7, 11) is 0. The third-order valence-electron chi connectivity index (χ3n) is 3.53.